The normalized spacial score (nSPS) is 26.4. The van der Waals surface area contributed by atoms with E-state index in [0.29, 0.717) is 11.3 Å². The van der Waals surface area contributed by atoms with Crippen LogP contribution in [0, 0.1) is 12.3 Å². The molecule has 0 radical (unpaired) electrons. The number of aryl methyl sites for hydroxylation is 1. The fourth-order valence-electron chi connectivity index (χ4n) is 5.23. The first-order chi connectivity index (χ1) is 13.1. The van der Waals surface area contributed by atoms with Gasteiger partial charge in [-0.3, -0.25) is 4.79 Å². The quantitative estimate of drug-likeness (QED) is 0.881. The van der Waals surface area contributed by atoms with E-state index >= 15 is 0 Å². The van der Waals surface area contributed by atoms with Crippen molar-refractivity contribution in [2.45, 2.75) is 44.7 Å². The topological polar surface area (TPSA) is 49.8 Å². The summed E-state index contributed by atoms with van der Waals surface area (Å²) in [5, 5.41) is 10.4. The summed E-state index contributed by atoms with van der Waals surface area (Å²) in [5.74, 6) is 0.671. The molecule has 4 rings (SSSR count). The number of ether oxygens (including phenoxy) is 1. The highest BCUT2D eigenvalue weighted by Gasteiger charge is 2.57. The van der Waals surface area contributed by atoms with Gasteiger partial charge in [-0.05, 0) is 49.8 Å². The minimum Gasteiger partial charge on any atom is -0.496 e. The van der Waals surface area contributed by atoms with Crippen LogP contribution < -0.4 is 4.74 Å². The summed E-state index contributed by atoms with van der Waals surface area (Å²) in [5.41, 5.74) is 2.56. The van der Waals surface area contributed by atoms with E-state index in [-0.39, 0.29) is 30.0 Å². The van der Waals surface area contributed by atoms with Crippen LogP contribution >= 0.6 is 0 Å². The Morgan fingerprint density at radius 2 is 1.96 bits per heavy atom. The van der Waals surface area contributed by atoms with Crippen LogP contribution in [0.5, 0.6) is 5.75 Å². The molecule has 142 valence electrons. The van der Waals surface area contributed by atoms with Crippen molar-refractivity contribution in [1.82, 2.24) is 4.90 Å². The van der Waals surface area contributed by atoms with E-state index in [2.05, 4.69) is 12.1 Å². The molecule has 0 saturated carbocycles. The number of aliphatic hydroxyl groups is 1. The summed E-state index contributed by atoms with van der Waals surface area (Å²) in [4.78, 5) is 15.6. The molecular weight excluding hydrogens is 338 g/mol. The molecule has 4 heteroatoms. The highest BCUT2D eigenvalue weighted by atomic mass is 16.5. The average molecular weight is 365 g/mol. The molecule has 2 aliphatic rings. The van der Waals surface area contributed by atoms with Crippen LogP contribution in [0.4, 0.5) is 0 Å². The molecule has 1 N–H and O–H groups in total. The molecule has 0 spiro atoms. The maximum atomic E-state index is 13.5. The first-order valence-corrected chi connectivity index (χ1v) is 9.71. The molecule has 2 aliphatic heterocycles. The average Bonchev–Trinajstić information content (AvgIpc) is 3.24. The molecule has 4 nitrogen and oxygen atoms in total. The summed E-state index contributed by atoms with van der Waals surface area (Å²) in [6, 6.07) is 16.3. The lowest BCUT2D eigenvalue weighted by Gasteiger charge is -2.36. The zero-order valence-electron chi connectivity index (χ0n) is 16.0. The third-order valence-electron chi connectivity index (χ3n) is 6.47. The van der Waals surface area contributed by atoms with Gasteiger partial charge in [-0.1, -0.05) is 42.5 Å². The van der Waals surface area contributed by atoms with Crippen LogP contribution in [0.25, 0.3) is 0 Å². The highest BCUT2D eigenvalue weighted by molar-refractivity contribution is 5.99. The SMILES string of the molecule is COc1cccc(C)c1C(=O)N1[C@H]2CC[C@@H]1[C@@](CO)(Cc1ccccc1)C2. The van der Waals surface area contributed by atoms with Crippen LogP contribution in [0.2, 0.25) is 0 Å². The van der Waals surface area contributed by atoms with Crippen molar-refractivity contribution in [2.75, 3.05) is 13.7 Å². The number of hydrogen-bond acceptors (Lipinski definition) is 3. The van der Waals surface area contributed by atoms with Crippen molar-refractivity contribution in [2.24, 2.45) is 5.41 Å². The number of hydrogen-bond donors (Lipinski definition) is 1. The van der Waals surface area contributed by atoms with Crippen LogP contribution in [-0.2, 0) is 6.42 Å². The molecule has 0 aromatic heterocycles. The van der Waals surface area contributed by atoms with Gasteiger partial charge in [0.15, 0.2) is 0 Å². The Labute approximate surface area is 160 Å². The number of aliphatic hydroxyl groups excluding tert-OH is 1. The van der Waals surface area contributed by atoms with Gasteiger partial charge >= 0.3 is 0 Å². The van der Waals surface area contributed by atoms with Gasteiger partial charge in [0, 0.05) is 17.5 Å². The van der Waals surface area contributed by atoms with Crippen molar-refractivity contribution < 1.29 is 14.6 Å². The van der Waals surface area contributed by atoms with Crippen molar-refractivity contribution in [3.8, 4) is 5.75 Å². The van der Waals surface area contributed by atoms with Gasteiger partial charge in [-0.2, -0.15) is 0 Å². The van der Waals surface area contributed by atoms with Crippen molar-refractivity contribution >= 4 is 5.91 Å². The van der Waals surface area contributed by atoms with E-state index in [0.717, 1.165) is 31.2 Å². The Bertz CT molecular complexity index is 835. The molecule has 0 unspecified atom stereocenters. The zero-order valence-corrected chi connectivity index (χ0v) is 16.0. The Kier molecular flexibility index (Phi) is 4.68. The van der Waals surface area contributed by atoms with Gasteiger partial charge in [-0.25, -0.2) is 0 Å². The Morgan fingerprint density at radius 1 is 1.19 bits per heavy atom. The van der Waals surface area contributed by atoms with Crippen LogP contribution in [0.3, 0.4) is 0 Å². The molecule has 2 fully saturated rings. The molecule has 2 saturated heterocycles. The summed E-state index contributed by atoms with van der Waals surface area (Å²) in [7, 11) is 1.61. The fourth-order valence-corrected chi connectivity index (χ4v) is 5.23. The van der Waals surface area contributed by atoms with Gasteiger partial charge in [0.2, 0.25) is 0 Å². The van der Waals surface area contributed by atoms with Gasteiger partial charge in [0.25, 0.3) is 5.91 Å². The number of carbonyl (C=O) groups excluding carboxylic acids is 1. The van der Waals surface area contributed by atoms with E-state index in [4.69, 9.17) is 4.74 Å². The summed E-state index contributed by atoms with van der Waals surface area (Å²) >= 11 is 0. The van der Waals surface area contributed by atoms with Crippen LogP contribution in [-0.4, -0.2) is 41.7 Å². The van der Waals surface area contributed by atoms with Gasteiger partial charge < -0.3 is 14.7 Å². The third-order valence-corrected chi connectivity index (χ3v) is 6.47. The van der Waals surface area contributed by atoms with E-state index in [9.17, 15) is 9.90 Å². The predicted octanol–water partition coefficient (Wildman–Crippen LogP) is 3.60. The van der Waals surface area contributed by atoms with Gasteiger partial charge in [0.05, 0.1) is 19.3 Å². The first-order valence-electron chi connectivity index (χ1n) is 9.71. The molecule has 3 atom stereocenters. The lowest BCUT2D eigenvalue weighted by molar-refractivity contribution is 0.0568. The van der Waals surface area contributed by atoms with Gasteiger partial charge in [-0.15, -0.1) is 0 Å². The van der Waals surface area contributed by atoms with Crippen molar-refractivity contribution in [3.05, 3.63) is 65.2 Å². The number of carbonyl (C=O) groups is 1. The molecule has 2 aromatic rings. The molecule has 0 aliphatic carbocycles. The second-order valence-electron chi connectivity index (χ2n) is 8.00. The van der Waals surface area contributed by atoms with E-state index < -0.39 is 0 Å². The summed E-state index contributed by atoms with van der Waals surface area (Å²) < 4.78 is 5.47. The molecule has 2 bridgehead atoms. The second kappa shape index (κ2) is 7.01. The lowest BCUT2D eigenvalue weighted by Crippen LogP contribution is -2.44. The number of benzene rings is 2. The van der Waals surface area contributed by atoms with E-state index in [1.807, 2.05) is 48.2 Å². The number of nitrogens with zero attached hydrogens (tertiary/aromatic N) is 1. The minimum absolute atomic E-state index is 0.0424. The molecule has 1 amide bonds. The fraction of sp³-hybridized carbons (Fsp3) is 0.435. The molecular formula is C23H27NO3. The molecule has 27 heavy (non-hydrogen) atoms. The largest absolute Gasteiger partial charge is 0.496 e. The number of rotatable bonds is 5. The number of fused-ring (bicyclic) bond motifs is 2. The van der Waals surface area contributed by atoms with Crippen molar-refractivity contribution in [3.63, 3.8) is 0 Å². The smallest absolute Gasteiger partial charge is 0.258 e. The van der Waals surface area contributed by atoms with E-state index in [1.54, 1.807) is 7.11 Å². The van der Waals surface area contributed by atoms with Crippen LogP contribution in [0.1, 0.15) is 40.7 Å². The Balaban J connectivity index is 1.67. The molecule has 2 aromatic carbocycles. The highest BCUT2D eigenvalue weighted by Crippen LogP contribution is 2.52. The minimum atomic E-state index is -0.254. The number of amides is 1. The predicted molar refractivity (Wildman–Crippen MR) is 105 cm³/mol. The summed E-state index contributed by atoms with van der Waals surface area (Å²) in [6.07, 6.45) is 3.64. The van der Waals surface area contributed by atoms with Crippen LogP contribution in [0.15, 0.2) is 48.5 Å². The first kappa shape index (κ1) is 18.1. The third kappa shape index (κ3) is 2.92. The zero-order chi connectivity index (χ0) is 19.0. The maximum Gasteiger partial charge on any atom is 0.258 e. The monoisotopic (exact) mass is 365 g/mol. The standard InChI is InChI=1S/C23H27NO3/c1-16-7-6-10-19(27-2)21(16)22(26)24-18-11-12-20(24)23(14-18,15-25)13-17-8-4-3-5-9-17/h3-10,18,20,25H,11-15H2,1-2H3/t18-,20+,23-/m0/s1. The van der Waals surface area contributed by atoms with E-state index in [1.165, 1.54) is 5.56 Å². The maximum absolute atomic E-state index is 13.5. The number of methoxy groups -OCH3 is 1. The lowest BCUT2D eigenvalue weighted by atomic mass is 9.70. The van der Waals surface area contributed by atoms with Gasteiger partial charge in [0.1, 0.15) is 5.75 Å². The Hall–Kier alpha value is -2.33. The Morgan fingerprint density at radius 3 is 2.67 bits per heavy atom. The summed E-state index contributed by atoms with van der Waals surface area (Å²) in [6.45, 7) is 2.06. The molecule has 2 heterocycles. The van der Waals surface area contributed by atoms with Crippen molar-refractivity contribution in [1.29, 1.82) is 0 Å². The second-order valence-corrected chi connectivity index (χ2v) is 8.00.